The number of aromatic nitrogens is 1. The van der Waals surface area contributed by atoms with E-state index in [0.717, 1.165) is 10.6 Å². The molecule has 2 aromatic rings. The van der Waals surface area contributed by atoms with Crippen molar-refractivity contribution < 1.29 is 4.57 Å². The molecule has 0 amide bonds. The molecule has 1 heterocycles. The van der Waals surface area contributed by atoms with Gasteiger partial charge in [-0.2, -0.15) is 4.57 Å². The maximum atomic E-state index is 6.03. The Morgan fingerprint density at radius 2 is 1.67 bits per heavy atom. The van der Waals surface area contributed by atoms with Crippen molar-refractivity contribution in [1.29, 1.82) is 0 Å². The van der Waals surface area contributed by atoms with Gasteiger partial charge in [-0.05, 0) is 11.6 Å². The van der Waals surface area contributed by atoms with Gasteiger partial charge in [-0.3, -0.25) is 0 Å². The first kappa shape index (κ1) is 9.94. The second-order valence-electron chi connectivity index (χ2n) is 3.16. The summed E-state index contributed by atoms with van der Waals surface area (Å²) in [6, 6.07) is 13.7. The van der Waals surface area contributed by atoms with E-state index in [-0.39, 0.29) is 0 Å². The lowest BCUT2D eigenvalue weighted by Crippen LogP contribution is -2.23. The fourth-order valence-electron chi connectivity index (χ4n) is 1.29. The van der Waals surface area contributed by atoms with Gasteiger partial charge in [0.05, 0.1) is 0 Å². The molecule has 0 aliphatic heterocycles. The van der Waals surface area contributed by atoms with Crippen LogP contribution in [-0.4, -0.2) is 0 Å². The van der Waals surface area contributed by atoms with E-state index in [0.29, 0.717) is 0 Å². The van der Waals surface area contributed by atoms with Crippen LogP contribution in [0, 0.1) is 0 Å². The van der Waals surface area contributed by atoms with E-state index in [1.165, 1.54) is 0 Å². The summed E-state index contributed by atoms with van der Waals surface area (Å²) in [6.45, 7) is 0. The van der Waals surface area contributed by atoms with Crippen LogP contribution < -0.4 is 4.57 Å². The molecule has 74 valence electrons. The Labute approximate surface area is 94.3 Å². The van der Waals surface area contributed by atoms with Gasteiger partial charge in [0.1, 0.15) is 0 Å². The molecule has 0 spiro atoms. The monoisotopic (exact) mass is 216 g/mol. The molecule has 15 heavy (non-hydrogen) atoms. The summed E-state index contributed by atoms with van der Waals surface area (Å²) >= 11 is 6.03. The average molecular weight is 217 g/mol. The standard InChI is InChI=1S/C13H11ClN/c14-13-7-3-2-6-12(13)8-11-15-9-4-1-5-10-15/h1-11H/q+1/b11-8+. The Morgan fingerprint density at radius 1 is 0.933 bits per heavy atom. The van der Waals surface area contributed by atoms with Crippen molar-refractivity contribution in [3.8, 4) is 0 Å². The van der Waals surface area contributed by atoms with Gasteiger partial charge in [0.2, 0.25) is 0 Å². The van der Waals surface area contributed by atoms with E-state index in [9.17, 15) is 0 Å². The van der Waals surface area contributed by atoms with Crippen LogP contribution in [0.25, 0.3) is 12.3 Å². The second kappa shape index (κ2) is 4.76. The van der Waals surface area contributed by atoms with E-state index in [1.807, 2.05) is 71.7 Å². The molecule has 1 aromatic heterocycles. The van der Waals surface area contributed by atoms with Crippen LogP contribution >= 0.6 is 11.6 Å². The van der Waals surface area contributed by atoms with Crippen molar-refractivity contribution in [3.63, 3.8) is 0 Å². The van der Waals surface area contributed by atoms with Gasteiger partial charge in [-0.1, -0.05) is 35.9 Å². The van der Waals surface area contributed by atoms with Crippen molar-refractivity contribution in [1.82, 2.24) is 0 Å². The fourth-order valence-corrected chi connectivity index (χ4v) is 1.49. The number of nitrogens with zero attached hydrogens (tertiary/aromatic N) is 1. The molecule has 0 saturated heterocycles. The lowest BCUT2D eigenvalue weighted by molar-refractivity contribution is -0.567. The SMILES string of the molecule is Clc1ccccc1/C=C/[n+]1ccccc1. The highest BCUT2D eigenvalue weighted by Gasteiger charge is 1.95. The fraction of sp³-hybridized carbons (Fsp3) is 0. The van der Waals surface area contributed by atoms with Crippen LogP contribution in [0.2, 0.25) is 5.02 Å². The van der Waals surface area contributed by atoms with Crippen molar-refractivity contribution in [2.75, 3.05) is 0 Å². The molecule has 0 N–H and O–H groups in total. The number of hydrogen-bond donors (Lipinski definition) is 0. The molecule has 2 rings (SSSR count). The van der Waals surface area contributed by atoms with Crippen LogP contribution in [-0.2, 0) is 0 Å². The number of halogens is 1. The Kier molecular flexibility index (Phi) is 3.15. The highest BCUT2D eigenvalue weighted by Crippen LogP contribution is 2.15. The minimum atomic E-state index is 0.769. The van der Waals surface area contributed by atoms with Crippen LogP contribution in [0.1, 0.15) is 5.56 Å². The van der Waals surface area contributed by atoms with Gasteiger partial charge < -0.3 is 0 Å². The zero-order valence-corrected chi connectivity index (χ0v) is 8.93. The van der Waals surface area contributed by atoms with Gasteiger partial charge in [0.15, 0.2) is 18.6 Å². The zero-order chi connectivity index (χ0) is 10.5. The van der Waals surface area contributed by atoms with E-state index in [4.69, 9.17) is 11.6 Å². The van der Waals surface area contributed by atoms with Crippen molar-refractivity contribution in [2.45, 2.75) is 0 Å². The second-order valence-corrected chi connectivity index (χ2v) is 3.57. The van der Waals surface area contributed by atoms with Gasteiger partial charge in [-0.25, -0.2) is 0 Å². The number of rotatable bonds is 2. The Morgan fingerprint density at radius 3 is 2.40 bits per heavy atom. The topological polar surface area (TPSA) is 3.88 Å². The van der Waals surface area contributed by atoms with Crippen molar-refractivity contribution in [2.24, 2.45) is 0 Å². The van der Waals surface area contributed by atoms with Gasteiger partial charge in [0, 0.05) is 23.2 Å². The third kappa shape index (κ3) is 2.67. The van der Waals surface area contributed by atoms with Crippen LogP contribution in [0.3, 0.4) is 0 Å². The molecule has 0 unspecified atom stereocenters. The predicted octanol–water partition coefficient (Wildman–Crippen LogP) is 3.26. The van der Waals surface area contributed by atoms with E-state index < -0.39 is 0 Å². The molecule has 0 aliphatic carbocycles. The highest BCUT2D eigenvalue weighted by atomic mass is 35.5. The molecule has 1 aromatic carbocycles. The van der Waals surface area contributed by atoms with Crippen molar-refractivity contribution in [3.05, 3.63) is 65.4 Å². The zero-order valence-electron chi connectivity index (χ0n) is 8.18. The van der Waals surface area contributed by atoms with Crippen LogP contribution in [0.15, 0.2) is 54.9 Å². The molecule has 0 bridgehead atoms. The summed E-state index contributed by atoms with van der Waals surface area (Å²) in [5.41, 5.74) is 1.02. The van der Waals surface area contributed by atoms with Gasteiger partial charge in [0.25, 0.3) is 0 Å². The Balaban J connectivity index is 2.23. The van der Waals surface area contributed by atoms with Gasteiger partial charge >= 0.3 is 0 Å². The van der Waals surface area contributed by atoms with E-state index in [1.54, 1.807) is 0 Å². The molecular weight excluding hydrogens is 206 g/mol. The van der Waals surface area contributed by atoms with Crippen LogP contribution in [0.4, 0.5) is 0 Å². The Bertz CT molecular complexity index is 463. The first-order chi connectivity index (χ1) is 7.36. The van der Waals surface area contributed by atoms with Crippen LogP contribution in [0.5, 0.6) is 0 Å². The maximum absolute atomic E-state index is 6.03. The molecule has 0 aliphatic rings. The predicted molar refractivity (Wildman–Crippen MR) is 63.3 cm³/mol. The minimum absolute atomic E-state index is 0.769. The summed E-state index contributed by atoms with van der Waals surface area (Å²) < 4.78 is 1.98. The maximum Gasteiger partial charge on any atom is 0.175 e. The van der Waals surface area contributed by atoms with Gasteiger partial charge in [-0.15, -0.1) is 0 Å². The average Bonchev–Trinajstić information content (AvgIpc) is 2.29. The smallest absolute Gasteiger partial charge is 0.174 e. The summed E-state index contributed by atoms with van der Waals surface area (Å²) in [5, 5.41) is 0.769. The first-order valence-electron chi connectivity index (χ1n) is 4.75. The summed E-state index contributed by atoms with van der Waals surface area (Å²) in [4.78, 5) is 0. The summed E-state index contributed by atoms with van der Waals surface area (Å²) in [6.07, 6.45) is 7.92. The third-order valence-corrected chi connectivity index (χ3v) is 2.41. The highest BCUT2D eigenvalue weighted by molar-refractivity contribution is 6.32. The molecular formula is C13H11ClN+. The summed E-state index contributed by atoms with van der Waals surface area (Å²) in [7, 11) is 0. The summed E-state index contributed by atoms with van der Waals surface area (Å²) in [5.74, 6) is 0. The third-order valence-electron chi connectivity index (χ3n) is 2.07. The molecule has 0 atom stereocenters. The van der Waals surface area contributed by atoms with E-state index in [2.05, 4.69) is 0 Å². The normalized spacial score (nSPS) is 10.7. The number of benzene rings is 1. The lowest BCUT2D eigenvalue weighted by atomic mass is 10.2. The largest absolute Gasteiger partial charge is 0.175 e. The molecule has 0 saturated carbocycles. The molecule has 1 nitrogen and oxygen atoms in total. The molecule has 0 radical (unpaired) electrons. The lowest BCUT2D eigenvalue weighted by Gasteiger charge is -1.94. The quantitative estimate of drug-likeness (QED) is 0.679. The molecule has 2 heteroatoms. The number of pyridine rings is 1. The first-order valence-corrected chi connectivity index (χ1v) is 5.12. The van der Waals surface area contributed by atoms with Crippen molar-refractivity contribution >= 4 is 23.9 Å². The minimum Gasteiger partial charge on any atom is -0.174 e. The number of hydrogen-bond acceptors (Lipinski definition) is 0. The van der Waals surface area contributed by atoms with E-state index >= 15 is 0 Å². The Hall–Kier alpha value is -1.60. The molecule has 0 fully saturated rings.